The molecule has 0 aromatic heterocycles. The lowest BCUT2D eigenvalue weighted by molar-refractivity contribution is -0.384. The second kappa shape index (κ2) is 8.02. The number of methoxy groups -OCH3 is 1. The van der Waals surface area contributed by atoms with Crippen molar-refractivity contribution >= 4 is 23.0 Å². The largest absolute Gasteiger partial charge is 0.383 e. The number of nitro benzene ring substituents is 1. The highest BCUT2D eigenvalue weighted by Crippen LogP contribution is 2.24. The summed E-state index contributed by atoms with van der Waals surface area (Å²) in [6.07, 6.45) is 0. The maximum absolute atomic E-state index is 13.7. The maximum Gasteiger partial charge on any atom is 0.270 e. The van der Waals surface area contributed by atoms with Crippen LogP contribution in [-0.2, 0) is 4.74 Å². The van der Waals surface area contributed by atoms with E-state index in [2.05, 4.69) is 10.6 Å². The Morgan fingerprint density at radius 3 is 2.67 bits per heavy atom. The summed E-state index contributed by atoms with van der Waals surface area (Å²) >= 11 is 0. The van der Waals surface area contributed by atoms with Crippen LogP contribution in [0.25, 0.3) is 0 Å². The topological polar surface area (TPSA) is 93.5 Å². The van der Waals surface area contributed by atoms with Crippen molar-refractivity contribution < 1.29 is 18.8 Å². The number of nitrogens with one attached hydrogen (secondary N) is 2. The van der Waals surface area contributed by atoms with Gasteiger partial charge in [0.05, 0.1) is 22.8 Å². The second-order valence-electron chi connectivity index (χ2n) is 4.84. The van der Waals surface area contributed by atoms with Gasteiger partial charge < -0.3 is 15.4 Å². The zero-order valence-electron chi connectivity index (χ0n) is 12.9. The van der Waals surface area contributed by atoms with Crippen molar-refractivity contribution in [3.63, 3.8) is 0 Å². The van der Waals surface area contributed by atoms with Crippen LogP contribution in [0.2, 0.25) is 0 Å². The molecular formula is C16H16FN3O4. The zero-order valence-corrected chi connectivity index (χ0v) is 12.9. The molecule has 0 fully saturated rings. The number of para-hydroxylation sites is 1. The van der Waals surface area contributed by atoms with Crippen molar-refractivity contribution in [3.8, 4) is 0 Å². The van der Waals surface area contributed by atoms with E-state index in [1.54, 1.807) is 6.07 Å². The Morgan fingerprint density at radius 1 is 1.25 bits per heavy atom. The van der Waals surface area contributed by atoms with Crippen LogP contribution in [0.5, 0.6) is 0 Å². The van der Waals surface area contributed by atoms with E-state index in [9.17, 15) is 19.3 Å². The average molecular weight is 333 g/mol. The fourth-order valence-electron chi connectivity index (χ4n) is 2.03. The van der Waals surface area contributed by atoms with E-state index in [0.29, 0.717) is 18.8 Å². The van der Waals surface area contributed by atoms with Crippen LogP contribution in [-0.4, -0.2) is 31.1 Å². The van der Waals surface area contributed by atoms with Gasteiger partial charge in [0, 0.05) is 31.5 Å². The summed E-state index contributed by atoms with van der Waals surface area (Å²) in [4.78, 5) is 22.8. The van der Waals surface area contributed by atoms with Crippen molar-refractivity contribution in [2.45, 2.75) is 0 Å². The van der Waals surface area contributed by atoms with Crippen molar-refractivity contribution in [2.75, 3.05) is 30.9 Å². The lowest BCUT2D eigenvalue weighted by Crippen LogP contribution is -2.17. The number of halogens is 1. The van der Waals surface area contributed by atoms with Crippen LogP contribution in [0.3, 0.4) is 0 Å². The molecule has 24 heavy (non-hydrogen) atoms. The van der Waals surface area contributed by atoms with Gasteiger partial charge in [-0.3, -0.25) is 14.9 Å². The molecule has 0 spiro atoms. The normalized spacial score (nSPS) is 10.2. The number of nitro groups is 1. The van der Waals surface area contributed by atoms with E-state index in [-0.39, 0.29) is 16.9 Å². The number of amides is 1. The molecule has 0 saturated heterocycles. The van der Waals surface area contributed by atoms with Crippen molar-refractivity contribution in [2.24, 2.45) is 0 Å². The summed E-state index contributed by atoms with van der Waals surface area (Å²) in [6, 6.07) is 9.55. The van der Waals surface area contributed by atoms with Gasteiger partial charge in [0.15, 0.2) is 0 Å². The van der Waals surface area contributed by atoms with E-state index in [4.69, 9.17) is 4.74 Å². The van der Waals surface area contributed by atoms with Crippen LogP contribution in [0.1, 0.15) is 10.4 Å². The van der Waals surface area contributed by atoms with Crippen LogP contribution >= 0.6 is 0 Å². The van der Waals surface area contributed by atoms with E-state index in [0.717, 1.165) is 6.07 Å². The number of nitrogens with zero attached hydrogens (tertiary/aromatic N) is 1. The van der Waals surface area contributed by atoms with Crippen LogP contribution in [0.4, 0.5) is 21.5 Å². The molecule has 0 saturated carbocycles. The van der Waals surface area contributed by atoms with Crippen LogP contribution in [0, 0.1) is 15.9 Å². The van der Waals surface area contributed by atoms with Gasteiger partial charge in [-0.2, -0.15) is 0 Å². The summed E-state index contributed by atoms with van der Waals surface area (Å²) in [5.41, 5.74) is 0.206. The number of benzene rings is 2. The Hall–Kier alpha value is -3.00. The minimum atomic E-state index is -0.649. The molecule has 0 unspecified atom stereocenters. The molecule has 8 heteroatoms. The van der Waals surface area contributed by atoms with Gasteiger partial charge in [-0.1, -0.05) is 12.1 Å². The number of anilines is 2. The molecule has 0 aliphatic carbocycles. The number of ether oxygens (including phenoxy) is 1. The summed E-state index contributed by atoms with van der Waals surface area (Å²) in [5, 5.41) is 16.3. The standard InChI is InChI=1S/C16H16FN3O4/c1-24-9-8-18-14-7-6-11(20(22)23)10-12(14)16(21)19-15-5-3-2-4-13(15)17/h2-7,10,18H,8-9H2,1H3,(H,19,21). The smallest absolute Gasteiger partial charge is 0.270 e. The molecule has 2 N–H and O–H groups in total. The van der Waals surface area contributed by atoms with E-state index >= 15 is 0 Å². The number of rotatable bonds is 7. The second-order valence-corrected chi connectivity index (χ2v) is 4.84. The fraction of sp³-hybridized carbons (Fsp3) is 0.188. The Morgan fingerprint density at radius 2 is 2.00 bits per heavy atom. The third-order valence-electron chi connectivity index (χ3n) is 3.20. The SMILES string of the molecule is COCCNc1ccc([N+](=O)[O-])cc1C(=O)Nc1ccccc1F. The molecule has 1 amide bonds. The maximum atomic E-state index is 13.7. The minimum absolute atomic E-state index is 0.00292. The van der Waals surface area contributed by atoms with Gasteiger partial charge in [0.1, 0.15) is 5.82 Å². The predicted molar refractivity (Wildman–Crippen MR) is 87.8 cm³/mol. The molecule has 2 aromatic rings. The van der Waals surface area contributed by atoms with Gasteiger partial charge in [-0.15, -0.1) is 0 Å². The number of non-ortho nitro benzene ring substituents is 1. The van der Waals surface area contributed by atoms with E-state index in [1.807, 2.05) is 0 Å². The van der Waals surface area contributed by atoms with E-state index in [1.165, 1.54) is 37.4 Å². The highest BCUT2D eigenvalue weighted by Gasteiger charge is 2.17. The molecule has 0 atom stereocenters. The minimum Gasteiger partial charge on any atom is -0.383 e. The van der Waals surface area contributed by atoms with Crippen molar-refractivity contribution in [3.05, 3.63) is 64.0 Å². The quantitative estimate of drug-likeness (QED) is 0.461. The monoisotopic (exact) mass is 333 g/mol. The van der Waals surface area contributed by atoms with Crippen molar-refractivity contribution in [1.82, 2.24) is 0 Å². The number of hydrogen-bond acceptors (Lipinski definition) is 5. The van der Waals surface area contributed by atoms with Gasteiger partial charge >= 0.3 is 0 Å². The van der Waals surface area contributed by atoms with Crippen LogP contribution in [0.15, 0.2) is 42.5 Å². The van der Waals surface area contributed by atoms with Gasteiger partial charge in [-0.05, 0) is 18.2 Å². The lowest BCUT2D eigenvalue weighted by Gasteiger charge is -2.12. The molecule has 2 rings (SSSR count). The molecule has 0 radical (unpaired) electrons. The molecule has 0 aliphatic rings. The summed E-state index contributed by atoms with van der Waals surface area (Å²) in [5.74, 6) is -1.24. The molecule has 7 nitrogen and oxygen atoms in total. The third kappa shape index (κ3) is 4.26. The summed E-state index contributed by atoms with van der Waals surface area (Å²) < 4.78 is 18.6. The van der Waals surface area contributed by atoms with Gasteiger partial charge in [-0.25, -0.2) is 4.39 Å². The number of carbonyl (C=O) groups excluding carboxylic acids is 1. The van der Waals surface area contributed by atoms with Crippen LogP contribution < -0.4 is 10.6 Å². The molecule has 0 aliphatic heterocycles. The molecular weight excluding hydrogens is 317 g/mol. The van der Waals surface area contributed by atoms with Crippen molar-refractivity contribution in [1.29, 1.82) is 0 Å². The Kier molecular flexibility index (Phi) is 5.80. The van der Waals surface area contributed by atoms with Gasteiger partial charge in [0.25, 0.3) is 11.6 Å². The molecule has 0 heterocycles. The Labute approximate surface area is 137 Å². The summed E-state index contributed by atoms with van der Waals surface area (Å²) in [7, 11) is 1.53. The first-order valence-electron chi connectivity index (χ1n) is 7.10. The highest BCUT2D eigenvalue weighted by molar-refractivity contribution is 6.08. The zero-order chi connectivity index (χ0) is 17.5. The summed E-state index contributed by atoms with van der Waals surface area (Å²) in [6.45, 7) is 0.805. The fourth-order valence-corrected chi connectivity index (χ4v) is 2.03. The predicted octanol–water partition coefficient (Wildman–Crippen LogP) is 3.04. The first-order chi connectivity index (χ1) is 11.5. The lowest BCUT2D eigenvalue weighted by atomic mass is 10.1. The average Bonchev–Trinajstić information content (AvgIpc) is 2.57. The molecule has 0 bridgehead atoms. The Balaban J connectivity index is 2.30. The first kappa shape index (κ1) is 17.4. The number of carbonyl (C=O) groups is 1. The Bertz CT molecular complexity index is 752. The molecule has 126 valence electrons. The molecule has 2 aromatic carbocycles. The third-order valence-corrected chi connectivity index (χ3v) is 3.20. The van der Waals surface area contributed by atoms with E-state index < -0.39 is 16.6 Å². The van der Waals surface area contributed by atoms with Gasteiger partial charge in [0.2, 0.25) is 0 Å². The highest BCUT2D eigenvalue weighted by atomic mass is 19.1. The number of hydrogen-bond donors (Lipinski definition) is 2. The first-order valence-corrected chi connectivity index (χ1v) is 7.10.